The monoisotopic (exact) mass is 789 g/mol. The van der Waals surface area contributed by atoms with Crippen LogP contribution in [0.4, 0.5) is 5.82 Å². The van der Waals surface area contributed by atoms with E-state index in [-0.39, 0.29) is 32.2 Å². The maximum Gasteiger partial charge on any atom is 0.187 e. The fourth-order valence-corrected chi connectivity index (χ4v) is 7.25. The molecule has 14 heteroatoms. The fourth-order valence-electron chi connectivity index (χ4n) is 7.25. The second-order valence-electron chi connectivity index (χ2n) is 14.3. The molecule has 2 aliphatic rings. The molecule has 4 heterocycles. The van der Waals surface area contributed by atoms with Crippen LogP contribution in [0.3, 0.4) is 0 Å². The van der Waals surface area contributed by atoms with E-state index in [1.165, 1.54) is 12.7 Å². The van der Waals surface area contributed by atoms with E-state index < -0.39 is 55.2 Å². The van der Waals surface area contributed by atoms with Crippen LogP contribution in [0.25, 0.3) is 11.2 Å². The molecular weight excluding hydrogens is 743 g/mol. The van der Waals surface area contributed by atoms with Crippen molar-refractivity contribution in [3.8, 4) is 0 Å². The maximum atomic E-state index is 12.2. The molecule has 302 valence electrons. The summed E-state index contributed by atoms with van der Waals surface area (Å²) in [6.45, 7) is 1.08. The van der Waals surface area contributed by atoms with Crippen LogP contribution in [0.5, 0.6) is 0 Å². The average molecular weight is 790 g/mol. The van der Waals surface area contributed by atoms with Crippen molar-refractivity contribution in [3.63, 3.8) is 0 Å². The lowest BCUT2D eigenvalue weighted by atomic mass is 9.98. The van der Waals surface area contributed by atoms with Crippen molar-refractivity contribution in [1.29, 1.82) is 0 Å². The van der Waals surface area contributed by atoms with E-state index in [1.54, 1.807) is 4.57 Å². The molecule has 0 unspecified atom stereocenters. The van der Waals surface area contributed by atoms with E-state index in [9.17, 15) is 10.2 Å². The Balaban J connectivity index is 1.08. The van der Waals surface area contributed by atoms with Crippen molar-refractivity contribution in [1.82, 2.24) is 19.5 Å². The Morgan fingerprint density at radius 1 is 0.569 bits per heavy atom. The third kappa shape index (κ3) is 9.42. The van der Waals surface area contributed by atoms with Crippen molar-refractivity contribution >= 4 is 17.0 Å². The van der Waals surface area contributed by atoms with E-state index in [0.717, 1.165) is 22.3 Å². The number of nitrogens with two attached hydrogens (primary N) is 1. The van der Waals surface area contributed by atoms with Crippen molar-refractivity contribution in [3.05, 3.63) is 156 Å². The van der Waals surface area contributed by atoms with Gasteiger partial charge in [0.05, 0.1) is 46.0 Å². The summed E-state index contributed by atoms with van der Waals surface area (Å²) in [5.41, 5.74) is 10.6. The summed E-state index contributed by atoms with van der Waals surface area (Å²) in [6, 6.07) is 38.8. The Bertz CT molecular complexity index is 2150. The summed E-state index contributed by atoms with van der Waals surface area (Å²) in [5.74, 6) is 0.194. The van der Waals surface area contributed by atoms with Gasteiger partial charge in [0, 0.05) is 0 Å². The second-order valence-corrected chi connectivity index (χ2v) is 14.3. The first kappa shape index (κ1) is 39.7. The standard InChI is InChI=1S/C44H47N5O9/c45-41-35-42(47-27-46-41)49(28-48-35)43-37(51)39(34(56-43)26-53-22-30-15-7-2-8-16-30)58-44-40(55-24-32-19-11-4-12-20-32)36(50)38(54-23-31-17-9-3-10-18-31)33(57-44)25-52-21-29-13-5-1-6-14-29/h1-20,27-28,33-34,36-40,43-44,50-51H,21-26H2,(H2,45,46,47)/t33-,34-,36+,37-,38-,39-,40-,43-,44-/m1/s1. The lowest BCUT2D eigenvalue weighted by molar-refractivity contribution is -0.335. The maximum absolute atomic E-state index is 12.2. The van der Waals surface area contributed by atoms with Crippen LogP contribution in [0.1, 0.15) is 28.5 Å². The molecule has 2 aliphatic heterocycles. The van der Waals surface area contributed by atoms with Crippen LogP contribution in [-0.2, 0) is 59.6 Å². The number of hydrogen-bond acceptors (Lipinski definition) is 13. The Morgan fingerprint density at radius 3 is 1.62 bits per heavy atom. The predicted octanol–water partition coefficient (Wildman–Crippen LogP) is 4.74. The summed E-state index contributed by atoms with van der Waals surface area (Å²) in [6.07, 6.45) is -6.50. The Kier molecular flexibility index (Phi) is 13.1. The number of benzene rings is 4. The van der Waals surface area contributed by atoms with E-state index in [2.05, 4.69) is 15.0 Å². The zero-order chi connectivity index (χ0) is 39.7. The molecule has 58 heavy (non-hydrogen) atoms. The van der Waals surface area contributed by atoms with Gasteiger partial charge in [-0.3, -0.25) is 4.57 Å². The molecule has 6 aromatic rings. The van der Waals surface area contributed by atoms with Gasteiger partial charge in [-0.2, -0.15) is 0 Å². The molecule has 14 nitrogen and oxygen atoms in total. The van der Waals surface area contributed by atoms with E-state index in [0.29, 0.717) is 24.4 Å². The number of aliphatic hydroxyl groups is 2. The smallest absolute Gasteiger partial charge is 0.187 e. The largest absolute Gasteiger partial charge is 0.387 e. The highest BCUT2D eigenvalue weighted by atomic mass is 16.7. The first-order valence-corrected chi connectivity index (χ1v) is 19.3. The van der Waals surface area contributed by atoms with Crippen LogP contribution in [0, 0.1) is 0 Å². The van der Waals surface area contributed by atoms with Crippen LogP contribution < -0.4 is 5.73 Å². The van der Waals surface area contributed by atoms with Crippen molar-refractivity contribution in [2.45, 2.75) is 81.7 Å². The number of nitrogens with zero attached hydrogens (tertiary/aromatic N) is 4. The van der Waals surface area contributed by atoms with Crippen LogP contribution in [0.2, 0.25) is 0 Å². The molecule has 0 saturated carbocycles. The third-order valence-corrected chi connectivity index (χ3v) is 10.2. The second kappa shape index (κ2) is 19.1. The van der Waals surface area contributed by atoms with Gasteiger partial charge in [0.2, 0.25) is 0 Å². The average Bonchev–Trinajstić information content (AvgIpc) is 3.82. The van der Waals surface area contributed by atoms with E-state index in [1.807, 2.05) is 121 Å². The molecule has 8 rings (SSSR count). The summed E-state index contributed by atoms with van der Waals surface area (Å²) in [7, 11) is 0. The Morgan fingerprint density at radius 2 is 1.07 bits per heavy atom. The quantitative estimate of drug-likeness (QED) is 0.116. The van der Waals surface area contributed by atoms with E-state index in [4.69, 9.17) is 38.9 Å². The topological polar surface area (TPSA) is 175 Å². The molecule has 2 fully saturated rings. The summed E-state index contributed by atoms with van der Waals surface area (Å²) < 4.78 is 46.8. The van der Waals surface area contributed by atoms with Gasteiger partial charge in [-0.25, -0.2) is 15.0 Å². The molecule has 2 saturated heterocycles. The lowest BCUT2D eigenvalue weighted by Gasteiger charge is -2.45. The van der Waals surface area contributed by atoms with Crippen molar-refractivity contribution < 1.29 is 43.4 Å². The van der Waals surface area contributed by atoms with Crippen molar-refractivity contribution in [2.24, 2.45) is 0 Å². The minimum Gasteiger partial charge on any atom is -0.387 e. The summed E-state index contributed by atoms with van der Waals surface area (Å²) in [4.78, 5) is 12.8. The van der Waals surface area contributed by atoms with Gasteiger partial charge < -0.3 is 49.1 Å². The Labute approximate surface area is 336 Å². The zero-order valence-corrected chi connectivity index (χ0v) is 31.8. The fraction of sp³-hybridized carbons (Fsp3) is 0.341. The Hall–Kier alpha value is -5.13. The number of anilines is 1. The molecular formula is C44H47N5O9. The molecule has 4 aromatic carbocycles. The van der Waals surface area contributed by atoms with Gasteiger partial charge in [0.1, 0.15) is 54.6 Å². The minimum atomic E-state index is -1.28. The van der Waals surface area contributed by atoms with Crippen LogP contribution in [0.15, 0.2) is 134 Å². The summed E-state index contributed by atoms with van der Waals surface area (Å²) >= 11 is 0. The zero-order valence-electron chi connectivity index (χ0n) is 31.8. The molecule has 4 N–H and O–H groups in total. The summed E-state index contributed by atoms with van der Waals surface area (Å²) in [5, 5.41) is 24.3. The highest BCUT2D eigenvalue weighted by Crippen LogP contribution is 2.37. The lowest BCUT2D eigenvalue weighted by Crippen LogP contribution is -2.62. The number of aromatic nitrogens is 4. The highest BCUT2D eigenvalue weighted by molar-refractivity contribution is 5.81. The third-order valence-electron chi connectivity index (χ3n) is 10.2. The molecule has 2 aromatic heterocycles. The van der Waals surface area contributed by atoms with E-state index >= 15 is 0 Å². The number of rotatable bonds is 17. The predicted molar refractivity (Wildman–Crippen MR) is 211 cm³/mol. The van der Waals surface area contributed by atoms with Gasteiger partial charge >= 0.3 is 0 Å². The van der Waals surface area contributed by atoms with Gasteiger partial charge in [-0.15, -0.1) is 0 Å². The number of hydrogen-bond donors (Lipinski definition) is 3. The number of nitrogen functional groups attached to an aromatic ring is 1. The molecule has 0 bridgehead atoms. The number of aliphatic hydroxyl groups excluding tert-OH is 2. The van der Waals surface area contributed by atoms with Gasteiger partial charge in [0.15, 0.2) is 24.0 Å². The number of imidazole rings is 1. The van der Waals surface area contributed by atoms with Gasteiger partial charge in [0.25, 0.3) is 0 Å². The molecule has 0 aliphatic carbocycles. The number of fused-ring (bicyclic) bond motifs is 1. The molecule has 0 amide bonds. The SMILES string of the molecule is Nc1ncnc2c1ncn2[C@@H]1O[C@H](COCc2ccccc2)[C@@H](O[C@H]2O[C@H](COCc3ccccc3)[C@@H](OCc3ccccc3)[C@H](O)[C@H]2OCc2ccccc2)[C@H]1O. The molecule has 9 atom stereocenters. The molecule has 0 spiro atoms. The first-order valence-electron chi connectivity index (χ1n) is 19.3. The number of ether oxygens (including phenoxy) is 7. The van der Waals surface area contributed by atoms with Crippen LogP contribution >= 0.6 is 0 Å². The van der Waals surface area contributed by atoms with Crippen LogP contribution in [-0.4, -0.2) is 92.0 Å². The van der Waals surface area contributed by atoms with Gasteiger partial charge in [-0.05, 0) is 22.3 Å². The van der Waals surface area contributed by atoms with Gasteiger partial charge in [-0.1, -0.05) is 121 Å². The normalized spacial score (nSPS) is 25.9. The first-order chi connectivity index (χ1) is 28.5. The minimum absolute atomic E-state index is 0.0497. The highest BCUT2D eigenvalue weighted by Gasteiger charge is 2.53. The van der Waals surface area contributed by atoms with Crippen molar-refractivity contribution in [2.75, 3.05) is 18.9 Å². The molecule has 0 radical (unpaired) electrons.